The SMILES string of the molecule is CCC(CN)C(=O)NCc1ccc(C(=O)O)o1. The number of hydrogen-bond acceptors (Lipinski definition) is 4. The fourth-order valence-electron chi connectivity index (χ4n) is 1.37. The van der Waals surface area contributed by atoms with Gasteiger partial charge in [0.25, 0.3) is 0 Å². The second kappa shape index (κ2) is 6.05. The van der Waals surface area contributed by atoms with Gasteiger partial charge in [-0.3, -0.25) is 4.79 Å². The van der Waals surface area contributed by atoms with Crippen LogP contribution in [-0.2, 0) is 11.3 Å². The van der Waals surface area contributed by atoms with Crippen molar-refractivity contribution in [3.63, 3.8) is 0 Å². The fourth-order valence-corrected chi connectivity index (χ4v) is 1.37. The Morgan fingerprint density at radius 3 is 2.71 bits per heavy atom. The summed E-state index contributed by atoms with van der Waals surface area (Å²) in [6, 6.07) is 2.87. The van der Waals surface area contributed by atoms with E-state index in [1.54, 1.807) is 0 Å². The molecular formula is C11H16N2O4. The topological polar surface area (TPSA) is 106 Å². The third-order valence-corrected chi connectivity index (χ3v) is 2.46. The zero-order valence-electron chi connectivity index (χ0n) is 9.60. The Morgan fingerprint density at radius 2 is 2.24 bits per heavy atom. The normalized spacial score (nSPS) is 12.1. The molecule has 6 nitrogen and oxygen atoms in total. The predicted octanol–water partition coefficient (Wildman–Crippen LogP) is 0.579. The molecule has 0 spiro atoms. The largest absolute Gasteiger partial charge is 0.475 e. The summed E-state index contributed by atoms with van der Waals surface area (Å²) in [6.45, 7) is 2.34. The summed E-state index contributed by atoms with van der Waals surface area (Å²) in [5, 5.41) is 11.3. The van der Waals surface area contributed by atoms with E-state index in [0.717, 1.165) is 0 Å². The third-order valence-electron chi connectivity index (χ3n) is 2.46. The van der Waals surface area contributed by atoms with Crippen LogP contribution < -0.4 is 11.1 Å². The van der Waals surface area contributed by atoms with Crippen LogP contribution in [0.4, 0.5) is 0 Å². The maximum Gasteiger partial charge on any atom is 0.371 e. The smallest absolute Gasteiger partial charge is 0.371 e. The number of rotatable bonds is 6. The average molecular weight is 240 g/mol. The molecule has 1 atom stereocenters. The highest BCUT2D eigenvalue weighted by atomic mass is 16.4. The van der Waals surface area contributed by atoms with Crippen LogP contribution in [0.3, 0.4) is 0 Å². The van der Waals surface area contributed by atoms with Gasteiger partial charge in [-0.25, -0.2) is 4.79 Å². The Kier molecular flexibility index (Phi) is 4.71. The summed E-state index contributed by atoms with van der Waals surface area (Å²) in [7, 11) is 0. The van der Waals surface area contributed by atoms with Gasteiger partial charge < -0.3 is 20.6 Å². The van der Waals surface area contributed by atoms with E-state index in [0.29, 0.717) is 18.7 Å². The highest BCUT2D eigenvalue weighted by molar-refractivity contribution is 5.84. The number of hydrogen-bond donors (Lipinski definition) is 3. The van der Waals surface area contributed by atoms with Gasteiger partial charge in [-0.1, -0.05) is 6.92 Å². The maximum atomic E-state index is 11.6. The first-order chi connectivity index (χ1) is 8.08. The molecule has 0 aliphatic heterocycles. The Hall–Kier alpha value is -1.82. The molecule has 0 saturated carbocycles. The predicted molar refractivity (Wildman–Crippen MR) is 60.3 cm³/mol. The Balaban J connectivity index is 2.49. The van der Waals surface area contributed by atoms with Crippen molar-refractivity contribution in [1.82, 2.24) is 5.32 Å². The first-order valence-corrected chi connectivity index (χ1v) is 5.38. The van der Waals surface area contributed by atoms with Gasteiger partial charge in [0.2, 0.25) is 11.7 Å². The van der Waals surface area contributed by atoms with E-state index in [2.05, 4.69) is 5.32 Å². The number of carboxylic acid groups (broad SMARTS) is 1. The zero-order chi connectivity index (χ0) is 12.8. The first kappa shape index (κ1) is 13.2. The number of nitrogens with one attached hydrogen (secondary N) is 1. The molecule has 6 heteroatoms. The first-order valence-electron chi connectivity index (χ1n) is 5.38. The van der Waals surface area contributed by atoms with E-state index < -0.39 is 5.97 Å². The van der Waals surface area contributed by atoms with Crippen molar-refractivity contribution >= 4 is 11.9 Å². The standard InChI is InChI=1S/C11H16N2O4/c1-2-7(5-12)10(14)13-6-8-3-4-9(17-8)11(15)16/h3-4,7H,2,5-6,12H2,1H3,(H,13,14)(H,15,16). The number of aromatic carboxylic acids is 1. The molecule has 4 N–H and O–H groups in total. The summed E-state index contributed by atoms with van der Waals surface area (Å²) < 4.78 is 5.00. The lowest BCUT2D eigenvalue weighted by atomic mass is 10.1. The highest BCUT2D eigenvalue weighted by Gasteiger charge is 2.15. The van der Waals surface area contributed by atoms with E-state index in [-0.39, 0.29) is 24.1 Å². The molecule has 0 aromatic carbocycles. The van der Waals surface area contributed by atoms with Crippen LogP contribution in [0.25, 0.3) is 0 Å². The molecule has 1 unspecified atom stereocenters. The molecule has 1 amide bonds. The van der Waals surface area contributed by atoms with Crippen molar-refractivity contribution in [3.8, 4) is 0 Å². The lowest BCUT2D eigenvalue weighted by Gasteiger charge is -2.11. The van der Waals surface area contributed by atoms with Crippen molar-refractivity contribution in [3.05, 3.63) is 23.7 Å². The third kappa shape index (κ3) is 3.60. The van der Waals surface area contributed by atoms with E-state index in [9.17, 15) is 9.59 Å². The molecule has 1 aromatic rings. The van der Waals surface area contributed by atoms with Crippen molar-refractivity contribution in [2.75, 3.05) is 6.54 Å². The second-order valence-corrected chi connectivity index (χ2v) is 3.63. The fraction of sp³-hybridized carbons (Fsp3) is 0.455. The molecule has 1 heterocycles. The van der Waals surface area contributed by atoms with Gasteiger partial charge in [0.15, 0.2) is 0 Å². The molecule has 1 rings (SSSR count). The van der Waals surface area contributed by atoms with Gasteiger partial charge in [0.1, 0.15) is 5.76 Å². The quantitative estimate of drug-likeness (QED) is 0.674. The van der Waals surface area contributed by atoms with Gasteiger partial charge >= 0.3 is 5.97 Å². The summed E-state index contributed by atoms with van der Waals surface area (Å²) >= 11 is 0. The van der Waals surface area contributed by atoms with Gasteiger partial charge in [-0.15, -0.1) is 0 Å². The monoisotopic (exact) mass is 240 g/mol. The maximum absolute atomic E-state index is 11.6. The minimum absolute atomic E-state index is 0.139. The van der Waals surface area contributed by atoms with E-state index >= 15 is 0 Å². The molecule has 0 aliphatic rings. The Bertz CT molecular complexity index is 396. The number of carboxylic acids is 1. The second-order valence-electron chi connectivity index (χ2n) is 3.63. The molecule has 1 aromatic heterocycles. The lowest BCUT2D eigenvalue weighted by molar-refractivity contribution is -0.125. The van der Waals surface area contributed by atoms with Gasteiger partial charge in [0, 0.05) is 12.5 Å². The van der Waals surface area contributed by atoms with Crippen molar-refractivity contribution in [2.45, 2.75) is 19.9 Å². The van der Waals surface area contributed by atoms with Crippen molar-refractivity contribution in [1.29, 1.82) is 0 Å². The molecule has 0 fully saturated rings. The number of carbonyl (C=O) groups is 2. The van der Waals surface area contributed by atoms with Crippen molar-refractivity contribution in [2.24, 2.45) is 11.7 Å². The summed E-state index contributed by atoms with van der Waals surface area (Å²) in [5.41, 5.74) is 5.44. The van der Waals surface area contributed by atoms with Crippen LogP contribution in [0, 0.1) is 5.92 Å². The van der Waals surface area contributed by atoms with Gasteiger partial charge in [0.05, 0.1) is 6.54 Å². The summed E-state index contributed by atoms with van der Waals surface area (Å²) in [4.78, 5) is 22.1. The summed E-state index contributed by atoms with van der Waals surface area (Å²) in [5.74, 6) is -1.23. The van der Waals surface area contributed by atoms with Crippen LogP contribution in [0.2, 0.25) is 0 Å². The Labute approximate surface area is 98.8 Å². The molecule has 0 radical (unpaired) electrons. The van der Waals surface area contributed by atoms with Crippen LogP contribution in [0.5, 0.6) is 0 Å². The number of carbonyl (C=O) groups excluding carboxylic acids is 1. The number of amides is 1. The van der Waals surface area contributed by atoms with Crippen LogP contribution >= 0.6 is 0 Å². The molecule has 0 saturated heterocycles. The van der Waals surface area contributed by atoms with E-state index in [1.807, 2.05) is 6.92 Å². The van der Waals surface area contributed by atoms with Crippen molar-refractivity contribution < 1.29 is 19.1 Å². The van der Waals surface area contributed by atoms with Crippen LogP contribution in [-0.4, -0.2) is 23.5 Å². The zero-order valence-corrected chi connectivity index (χ0v) is 9.60. The number of nitrogens with two attached hydrogens (primary N) is 1. The Morgan fingerprint density at radius 1 is 1.53 bits per heavy atom. The molecule has 17 heavy (non-hydrogen) atoms. The summed E-state index contributed by atoms with van der Waals surface area (Å²) in [6.07, 6.45) is 0.668. The highest BCUT2D eigenvalue weighted by Crippen LogP contribution is 2.08. The molecule has 0 aliphatic carbocycles. The van der Waals surface area contributed by atoms with E-state index in [1.165, 1.54) is 12.1 Å². The molecule has 0 bridgehead atoms. The van der Waals surface area contributed by atoms with Crippen LogP contribution in [0.1, 0.15) is 29.7 Å². The average Bonchev–Trinajstić information content (AvgIpc) is 2.76. The van der Waals surface area contributed by atoms with E-state index in [4.69, 9.17) is 15.3 Å². The number of furan rings is 1. The van der Waals surface area contributed by atoms with Gasteiger partial charge in [-0.2, -0.15) is 0 Å². The molecule has 94 valence electrons. The molecular weight excluding hydrogens is 224 g/mol. The minimum Gasteiger partial charge on any atom is -0.475 e. The van der Waals surface area contributed by atoms with Crippen LogP contribution in [0.15, 0.2) is 16.5 Å². The lowest BCUT2D eigenvalue weighted by Crippen LogP contribution is -2.34. The minimum atomic E-state index is -1.13. The van der Waals surface area contributed by atoms with Gasteiger partial charge in [-0.05, 0) is 18.6 Å².